The summed E-state index contributed by atoms with van der Waals surface area (Å²) in [5, 5.41) is 7.31. The molecule has 0 saturated carbocycles. The maximum atomic E-state index is 12.4. The smallest absolute Gasteiger partial charge is 0.397 e. The Morgan fingerprint density at radius 1 is 1.35 bits per heavy atom. The van der Waals surface area contributed by atoms with Gasteiger partial charge in [0.1, 0.15) is 11.2 Å². The Kier molecular flexibility index (Phi) is 3.20. The average Bonchev–Trinajstić information content (AvgIpc) is 2.72. The normalized spacial score (nSPS) is 11.7. The zero-order chi connectivity index (χ0) is 12.5. The van der Waals surface area contributed by atoms with Crippen LogP contribution in [0.2, 0.25) is 0 Å². The van der Waals surface area contributed by atoms with Crippen molar-refractivity contribution in [3.05, 3.63) is 23.5 Å². The van der Waals surface area contributed by atoms with Crippen molar-refractivity contribution >= 4 is 28.8 Å². The highest BCUT2D eigenvalue weighted by Crippen LogP contribution is 2.36. The summed E-state index contributed by atoms with van der Waals surface area (Å²) < 4.78 is 37.8. The summed E-state index contributed by atoms with van der Waals surface area (Å²) in [4.78, 5) is 3.51. The number of hydrogen-bond acceptors (Lipinski definition) is 6. The number of nitrogens with two attached hydrogens (primary N) is 1. The average molecular weight is 278 g/mol. The Hall–Kier alpha value is -1.35. The van der Waals surface area contributed by atoms with Crippen molar-refractivity contribution in [3.63, 3.8) is 0 Å². The predicted molar refractivity (Wildman–Crippen MR) is 57.7 cm³/mol. The van der Waals surface area contributed by atoms with Gasteiger partial charge in [0.05, 0.1) is 11.9 Å². The molecule has 90 valence electrons. The molecule has 0 aromatic carbocycles. The van der Waals surface area contributed by atoms with Gasteiger partial charge in [-0.1, -0.05) is 23.1 Å². The largest absolute Gasteiger partial charge is 0.433 e. The fraction of sp³-hybridized carbons (Fsp3) is 0.125. The summed E-state index contributed by atoms with van der Waals surface area (Å²) >= 11 is 2.25. The number of rotatable bonds is 2. The Morgan fingerprint density at radius 3 is 2.71 bits per heavy atom. The van der Waals surface area contributed by atoms with Gasteiger partial charge in [-0.15, -0.1) is 10.2 Å². The predicted octanol–water partition coefficient (Wildman–Crippen LogP) is 2.69. The molecule has 0 fully saturated rings. The van der Waals surface area contributed by atoms with Crippen molar-refractivity contribution in [1.82, 2.24) is 15.2 Å². The number of pyridine rings is 1. The number of nitrogen functional groups attached to an aromatic ring is 1. The van der Waals surface area contributed by atoms with E-state index in [-0.39, 0.29) is 10.6 Å². The SMILES string of the molecule is Nc1cnc(C(F)(F)F)cc1Sc1nncs1. The molecule has 0 saturated heterocycles. The monoisotopic (exact) mass is 278 g/mol. The number of aromatic nitrogens is 3. The van der Waals surface area contributed by atoms with Crippen LogP contribution in [0.3, 0.4) is 0 Å². The summed E-state index contributed by atoms with van der Waals surface area (Å²) in [6.07, 6.45) is -3.49. The summed E-state index contributed by atoms with van der Waals surface area (Å²) in [6, 6.07) is 0.904. The molecule has 0 atom stereocenters. The first-order valence-electron chi connectivity index (χ1n) is 4.23. The molecule has 0 amide bonds. The second-order valence-electron chi connectivity index (χ2n) is 2.91. The summed E-state index contributed by atoms with van der Waals surface area (Å²) in [7, 11) is 0. The highest BCUT2D eigenvalue weighted by molar-refractivity contribution is 8.01. The molecule has 2 rings (SSSR count). The van der Waals surface area contributed by atoms with E-state index in [0.717, 1.165) is 24.0 Å². The van der Waals surface area contributed by atoms with E-state index in [1.807, 2.05) is 0 Å². The number of hydrogen-bond donors (Lipinski definition) is 1. The Bertz CT molecular complexity index is 512. The minimum absolute atomic E-state index is 0.179. The second kappa shape index (κ2) is 4.49. The highest BCUT2D eigenvalue weighted by atomic mass is 32.2. The molecule has 0 aliphatic carbocycles. The third kappa shape index (κ3) is 2.86. The molecule has 0 aliphatic heterocycles. The van der Waals surface area contributed by atoms with Gasteiger partial charge in [-0.05, 0) is 6.07 Å². The van der Waals surface area contributed by atoms with Crippen LogP contribution in [0.4, 0.5) is 18.9 Å². The maximum Gasteiger partial charge on any atom is 0.433 e. The van der Waals surface area contributed by atoms with Crippen molar-refractivity contribution in [2.24, 2.45) is 0 Å². The lowest BCUT2D eigenvalue weighted by atomic mass is 10.3. The van der Waals surface area contributed by atoms with Gasteiger partial charge in [0.2, 0.25) is 0 Å². The van der Waals surface area contributed by atoms with Crippen LogP contribution in [0, 0.1) is 0 Å². The van der Waals surface area contributed by atoms with Crippen LogP contribution in [0.1, 0.15) is 5.69 Å². The number of halogens is 3. The molecule has 0 bridgehead atoms. The molecular weight excluding hydrogens is 273 g/mol. The second-order valence-corrected chi connectivity index (χ2v) is 5.03. The molecule has 2 aromatic heterocycles. The standard InChI is InChI=1S/C8H5F3N4S2/c9-8(10,11)6-1-5(4(12)2-13-6)17-7-15-14-3-16-7/h1-3H,12H2. The quantitative estimate of drug-likeness (QED) is 0.915. The molecule has 0 aliphatic rings. The lowest BCUT2D eigenvalue weighted by molar-refractivity contribution is -0.141. The Labute approximate surface area is 102 Å². The molecular formula is C8H5F3N4S2. The lowest BCUT2D eigenvalue weighted by Crippen LogP contribution is -2.08. The van der Waals surface area contributed by atoms with Crippen LogP contribution in [0.5, 0.6) is 0 Å². The number of alkyl halides is 3. The van der Waals surface area contributed by atoms with E-state index < -0.39 is 11.9 Å². The summed E-state index contributed by atoms with van der Waals surface area (Å²) in [5.74, 6) is 0. The first kappa shape index (κ1) is 12.1. The van der Waals surface area contributed by atoms with E-state index in [1.54, 1.807) is 0 Å². The van der Waals surface area contributed by atoms with Gasteiger partial charge in [-0.25, -0.2) is 4.98 Å². The lowest BCUT2D eigenvalue weighted by Gasteiger charge is -2.08. The topological polar surface area (TPSA) is 64.7 Å². The van der Waals surface area contributed by atoms with Crippen LogP contribution in [-0.4, -0.2) is 15.2 Å². The Balaban J connectivity index is 2.33. The zero-order valence-electron chi connectivity index (χ0n) is 8.10. The Morgan fingerprint density at radius 2 is 2.12 bits per heavy atom. The van der Waals surface area contributed by atoms with Crippen LogP contribution >= 0.6 is 23.1 Å². The van der Waals surface area contributed by atoms with E-state index in [9.17, 15) is 13.2 Å². The zero-order valence-corrected chi connectivity index (χ0v) is 9.73. The van der Waals surface area contributed by atoms with Crippen molar-refractivity contribution in [1.29, 1.82) is 0 Å². The third-order valence-electron chi connectivity index (χ3n) is 1.72. The molecule has 9 heteroatoms. The first-order valence-corrected chi connectivity index (χ1v) is 5.93. The molecule has 2 N–H and O–H groups in total. The fourth-order valence-corrected chi connectivity index (χ4v) is 2.48. The molecule has 0 unspecified atom stereocenters. The fourth-order valence-electron chi connectivity index (χ4n) is 0.992. The van der Waals surface area contributed by atoms with E-state index in [2.05, 4.69) is 15.2 Å². The molecule has 2 aromatic rings. The van der Waals surface area contributed by atoms with Gasteiger partial charge in [-0.2, -0.15) is 13.2 Å². The first-order chi connectivity index (χ1) is 7.97. The summed E-state index contributed by atoms with van der Waals surface area (Å²) in [6.45, 7) is 0. The number of nitrogens with zero attached hydrogens (tertiary/aromatic N) is 3. The molecule has 0 radical (unpaired) electrons. The van der Waals surface area contributed by atoms with Gasteiger partial charge in [0.25, 0.3) is 0 Å². The minimum Gasteiger partial charge on any atom is -0.397 e. The van der Waals surface area contributed by atoms with Crippen molar-refractivity contribution in [2.75, 3.05) is 5.73 Å². The molecule has 4 nitrogen and oxygen atoms in total. The van der Waals surface area contributed by atoms with Gasteiger partial charge in [0, 0.05) is 4.90 Å². The summed E-state index contributed by atoms with van der Waals surface area (Å²) in [5.41, 5.74) is 6.25. The van der Waals surface area contributed by atoms with Crippen LogP contribution in [0.25, 0.3) is 0 Å². The van der Waals surface area contributed by atoms with E-state index in [0.29, 0.717) is 4.34 Å². The van der Waals surface area contributed by atoms with Crippen molar-refractivity contribution in [2.45, 2.75) is 15.4 Å². The van der Waals surface area contributed by atoms with Gasteiger partial charge in [-0.3, -0.25) is 0 Å². The van der Waals surface area contributed by atoms with Crippen LogP contribution < -0.4 is 5.73 Å². The van der Waals surface area contributed by atoms with Crippen LogP contribution in [-0.2, 0) is 6.18 Å². The molecule has 2 heterocycles. The van der Waals surface area contributed by atoms with E-state index >= 15 is 0 Å². The molecule has 0 spiro atoms. The minimum atomic E-state index is -4.48. The maximum absolute atomic E-state index is 12.4. The third-order valence-corrected chi connectivity index (χ3v) is 3.57. The van der Waals surface area contributed by atoms with Gasteiger partial charge < -0.3 is 5.73 Å². The van der Waals surface area contributed by atoms with Crippen molar-refractivity contribution in [3.8, 4) is 0 Å². The highest BCUT2D eigenvalue weighted by Gasteiger charge is 2.33. The van der Waals surface area contributed by atoms with Crippen molar-refractivity contribution < 1.29 is 13.2 Å². The van der Waals surface area contributed by atoms with Gasteiger partial charge in [0.15, 0.2) is 4.34 Å². The van der Waals surface area contributed by atoms with E-state index in [1.165, 1.54) is 16.8 Å². The number of anilines is 1. The molecule has 17 heavy (non-hydrogen) atoms. The van der Waals surface area contributed by atoms with Gasteiger partial charge >= 0.3 is 6.18 Å². The van der Waals surface area contributed by atoms with Crippen LogP contribution in [0.15, 0.2) is 27.0 Å². The van der Waals surface area contributed by atoms with E-state index in [4.69, 9.17) is 5.73 Å².